The number of aromatic hydroxyl groups is 3. The number of hydrogen-bond donors (Lipinski definition) is 15. The molecule has 0 saturated carbocycles. The zero-order valence-corrected chi connectivity index (χ0v) is 34.1. The van der Waals surface area contributed by atoms with E-state index in [1.165, 1.54) is 19.2 Å². The average molecular weight is 904 g/mol. The van der Waals surface area contributed by atoms with Gasteiger partial charge in [-0.25, -0.2) is 9.59 Å². The Balaban J connectivity index is 1.39. The molecular weight excluding hydrogens is 854 g/mol. The summed E-state index contributed by atoms with van der Waals surface area (Å²) in [5, 5.41) is 134. The minimum Gasteiger partial charge on any atom is -0.507 e. The summed E-state index contributed by atoms with van der Waals surface area (Å²) in [6.07, 6.45) is -16.6. The van der Waals surface area contributed by atoms with Crippen molar-refractivity contribution in [3.05, 3.63) is 69.0 Å². The molecule has 12 unspecified atom stereocenters. The lowest BCUT2D eigenvalue weighted by Gasteiger charge is -2.50. The Morgan fingerprint density at radius 3 is 2.38 bits per heavy atom. The van der Waals surface area contributed by atoms with Crippen molar-refractivity contribution in [1.29, 1.82) is 0 Å². The lowest BCUT2D eigenvalue weighted by Crippen LogP contribution is -2.72. The molecule has 16 N–H and O–H groups in total. The summed E-state index contributed by atoms with van der Waals surface area (Å²) >= 11 is 0. The summed E-state index contributed by atoms with van der Waals surface area (Å²) in [6, 6.07) is 4.66. The Kier molecular flexibility index (Phi) is 12.8. The number of nitrogens with one attached hydrogen (secondary N) is 2. The quantitative estimate of drug-likeness (QED) is 0.0543. The molecule has 12 atom stereocenters. The number of carboxylic acids is 1. The molecule has 0 aliphatic carbocycles. The Morgan fingerprint density at radius 2 is 1.72 bits per heavy atom. The van der Waals surface area contributed by atoms with E-state index in [1.807, 2.05) is 6.92 Å². The van der Waals surface area contributed by atoms with E-state index < -0.39 is 120 Å². The number of hydrogen-bond acceptors (Lipinski definition) is 22. The summed E-state index contributed by atoms with van der Waals surface area (Å²) < 4.78 is 28.9. The number of aliphatic hydroxyl groups excluding tert-OH is 6. The van der Waals surface area contributed by atoms with Crippen LogP contribution in [-0.2, 0) is 30.2 Å². The number of phenolic OH excluding ortho intramolecular Hbond substituents is 3. The van der Waals surface area contributed by atoms with E-state index in [2.05, 4.69) is 10.6 Å². The van der Waals surface area contributed by atoms with Crippen molar-refractivity contribution >= 4 is 22.9 Å². The predicted octanol–water partition coefficient (Wildman–Crippen LogP) is -3.15. The number of nitrogens with two attached hydrogens (primary N) is 1. The van der Waals surface area contributed by atoms with Gasteiger partial charge in [-0.05, 0) is 49.6 Å². The molecule has 348 valence electrons. The molecule has 7 rings (SSSR count). The van der Waals surface area contributed by atoms with Crippen molar-refractivity contribution in [2.45, 2.75) is 98.9 Å². The van der Waals surface area contributed by atoms with Gasteiger partial charge in [0.1, 0.15) is 58.7 Å². The first-order valence-electron chi connectivity index (χ1n) is 20.1. The van der Waals surface area contributed by atoms with Gasteiger partial charge in [0.05, 0.1) is 6.17 Å². The van der Waals surface area contributed by atoms with Crippen molar-refractivity contribution in [3.8, 4) is 34.3 Å². The highest BCUT2D eigenvalue weighted by Gasteiger charge is 2.64. The molecule has 2 fully saturated rings. The van der Waals surface area contributed by atoms with Crippen LogP contribution in [0.4, 0.5) is 0 Å². The zero-order valence-electron chi connectivity index (χ0n) is 34.1. The van der Waals surface area contributed by atoms with Gasteiger partial charge in [0.15, 0.2) is 23.0 Å². The molecular formula is C41H49N3O20. The van der Waals surface area contributed by atoms with Gasteiger partial charge < -0.3 is 101 Å². The Labute approximate surface area is 361 Å². The molecule has 0 amide bonds. The molecule has 4 aliphatic heterocycles. The van der Waals surface area contributed by atoms with Crippen LogP contribution in [0.25, 0.3) is 22.3 Å². The van der Waals surface area contributed by atoms with Crippen molar-refractivity contribution in [2.75, 3.05) is 20.2 Å². The minimum absolute atomic E-state index is 0.0623. The van der Waals surface area contributed by atoms with Gasteiger partial charge in [0, 0.05) is 60.0 Å². The van der Waals surface area contributed by atoms with Gasteiger partial charge in [0.2, 0.25) is 24.0 Å². The molecule has 2 saturated heterocycles. The van der Waals surface area contributed by atoms with Crippen LogP contribution in [-0.4, -0.2) is 160 Å². The van der Waals surface area contributed by atoms with Crippen LogP contribution >= 0.6 is 0 Å². The molecule has 1 spiro atoms. The number of benzene rings is 2. The number of carbonyl (C=O) groups is 2. The number of ether oxygens (including phenoxy) is 4. The Bertz CT molecular complexity index is 2440. The number of aliphatic carboxylic acids is 1. The number of fused-ring (bicyclic) bond motifs is 2. The summed E-state index contributed by atoms with van der Waals surface area (Å²) in [7, 11) is 1.51. The van der Waals surface area contributed by atoms with E-state index >= 15 is 0 Å². The van der Waals surface area contributed by atoms with Crippen LogP contribution in [0.3, 0.4) is 0 Å². The summed E-state index contributed by atoms with van der Waals surface area (Å²) in [5.74, 6) is -14.4. The molecule has 5 heterocycles. The van der Waals surface area contributed by atoms with Gasteiger partial charge in [-0.3, -0.25) is 4.79 Å². The number of allylic oxidation sites excluding steroid dienone is 2. The molecule has 23 heteroatoms. The fraction of sp³-hybridized carbons (Fsp3) is 0.488. The number of carbonyl (C=O) groups excluding carboxylic acids is 1. The van der Waals surface area contributed by atoms with Gasteiger partial charge in [-0.1, -0.05) is 13.0 Å². The maximum atomic E-state index is 14.0. The van der Waals surface area contributed by atoms with Gasteiger partial charge >= 0.3 is 11.9 Å². The van der Waals surface area contributed by atoms with E-state index in [0.717, 1.165) is 17.7 Å². The summed E-state index contributed by atoms with van der Waals surface area (Å²) in [4.78, 5) is 39.7. The number of phenols is 3. The second kappa shape index (κ2) is 17.5. The smallest absolute Gasteiger partial charge is 0.340 e. The first-order chi connectivity index (χ1) is 30.2. The number of carboxylic acid groups (broad SMARTS) is 1. The molecule has 4 aliphatic rings. The van der Waals surface area contributed by atoms with Gasteiger partial charge in [-0.15, -0.1) is 0 Å². The maximum absolute atomic E-state index is 14.0. The third kappa shape index (κ3) is 7.81. The highest BCUT2D eigenvalue weighted by Crippen LogP contribution is 2.54. The van der Waals surface area contributed by atoms with Crippen molar-refractivity contribution in [1.82, 2.24) is 10.6 Å². The van der Waals surface area contributed by atoms with Crippen LogP contribution in [0.1, 0.15) is 36.8 Å². The van der Waals surface area contributed by atoms with Crippen molar-refractivity contribution in [2.24, 2.45) is 11.7 Å². The molecule has 2 aromatic carbocycles. The highest BCUT2D eigenvalue weighted by molar-refractivity contribution is 5.89. The monoisotopic (exact) mass is 903 g/mol. The highest BCUT2D eigenvalue weighted by atomic mass is 16.8. The van der Waals surface area contributed by atoms with Crippen LogP contribution in [0.5, 0.6) is 23.0 Å². The number of aliphatic hydroxyl groups is 8. The van der Waals surface area contributed by atoms with Crippen molar-refractivity contribution in [3.63, 3.8) is 0 Å². The predicted molar refractivity (Wildman–Crippen MR) is 214 cm³/mol. The fourth-order valence-electron chi connectivity index (χ4n) is 8.69. The van der Waals surface area contributed by atoms with Crippen molar-refractivity contribution < 1.29 is 94.2 Å². The number of rotatable bonds is 10. The molecule has 3 aromatic rings. The molecule has 64 heavy (non-hydrogen) atoms. The number of esters is 1. The van der Waals surface area contributed by atoms with Crippen LogP contribution < -0.4 is 26.5 Å². The zero-order chi connectivity index (χ0) is 46.7. The molecule has 0 bridgehead atoms. The normalized spacial score (nSPS) is 32.4. The lowest BCUT2D eigenvalue weighted by molar-refractivity contribution is -0.377. The third-order valence-corrected chi connectivity index (χ3v) is 12.1. The average Bonchev–Trinajstić information content (AvgIpc) is 3.38. The molecule has 0 radical (unpaired) electrons. The summed E-state index contributed by atoms with van der Waals surface area (Å²) in [5.41, 5.74) is 6.50. The number of dihydropyridines is 1. The second-order valence-electron chi connectivity index (χ2n) is 16.0. The first-order valence-corrected chi connectivity index (χ1v) is 20.1. The molecule has 23 nitrogen and oxygen atoms in total. The van der Waals surface area contributed by atoms with Crippen LogP contribution in [0.15, 0.2) is 56.9 Å². The molecule has 1 aromatic heterocycles. The fourth-order valence-corrected chi connectivity index (χ4v) is 8.69. The SMILES string of the molecule is CCC1=CC(C2CC(CNC)C3(Oc4cc5oc(-c6cc(O)c(O)c(CCO)c6)cc(=O)c5c(O)c42)OC(C(=O)OC2OC(C(=O)O)C(O)(O)C(O)C2O)C(O)C(O)C3O)=CNC1N. The standard InChI is InChI=1S/C41H49N3O20/c1-3-14-6-17(12-44-36(14)42)19-9-18(13-43-2)41(34(54)30(51)29(50)32(64-41)38(57)62-39-31(52)33(53)40(58,59)35(61-39)37(55)56)63-24-11-23-26(28(49)25(19)24)20(46)10-22(60-23)16-7-15(4-5-45)27(48)21(47)8-16/h6-8,10-12,18-19,29-36,39,43-45,47-54,58-59H,3-5,9,13,42H2,1-2H3,(H,55,56). The van der Waals surface area contributed by atoms with E-state index in [-0.39, 0.29) is 58.6 Å². The van der Waals surface area contributed by atoms with Gasteiger partial charge in [0.25, 0.3) is 0 Å². The second-order valence-corrected chi connectivity index (χ2v) is 16.0. The Hall–Kier alpha value is -5.41. The van der Waals surface area contributed by atoms with E-state index in [9.17, 15) is 75.7 Å². The van der Waals surface area contributed by atoms with Crippen LogP contribution in [0, 0.1) is 5.92 Å². The van der Waals surface area contributed by atoms with E-state index in [1.54, 1.807) is 12.3 Å². The topological polar surface area (TPSA) is 394 Å². The first kappa shape index (κ1) is 46.6. The lowest BCUT2D eigenvalue weighted by atomic mass is 9.76. The largest absolute Gasteiger partial charge is 0.507 e. The Morgan fingerprint density at radius 1 is 1.00 bits per heavy atom. The maximum Gasteiger partial charge on any atom is 0.340 e. The van der Waals surface area contributed by atoms with Crippen LogP contribution in [0.2, 0.25) is 0 Å². The third-order valence-electron chi connectivity index (χ3n) is 12.1. The summed E-state index contributed by atoms with van der Waals surface area (Å²) in [6.45, 7) is 1.30. The van der Waals surface area contributed by atoms with E-state index in [0.29, 0.717) is 12.0 Å². The van der Waals surface area contributed by atoms with E-state index in [4.69, 9.17) is 29.1 Å². The minimum atomic E-state index is -3.57. The van der Waals surface area contributed by atoms with Gasteiger partial charge in [-0.2, -0.15) is 0 Å².